The van der Waals surface area contributed by atoms with Crippen LogP contribution in [0.25, 0.3) is 0 Å². The molecule has 0 saturated carbocycles. The van der Waals surface area contributed by atoms with Gasteiger partial charge in [-0.2, -0.15) is 0 Å². The molecule has 1 aliphatic rings. The molecule has 0 aromatic rings. The van der Waals surface area contributed by atoms with Crippen LogP contribution in [-0.4, -0.2) is 45.5 Å². The first kappa shape index (κ1) is 13.7. The summed E-state index contributed by atoms with van der Waals surface area (Å²) in [5.41, 5.74) is 0. The van der Waals surface area contributed by atoms with Crippen molar-refractivity contribution < 1.29 is 0 Å². The fourth-order valence-electron chi connectivity index (χ4n) is 0.794. The van der Waals surface area contributed by atoms with Crippen LogP contribution in [0.5, 0.6) is 0 Å². The van der Waals surface area contributed by atoms with Crippen molar-refractivity contribution in [3.63, 3.8) is 0 Å². The van der Waals surface area contributed by atoms with E-state index in [1.165, 1.54) is 0 Å². The van der Waals surface area contributed by atoms with Crippen LogP contribution in [0.15, 0.2) is 12.4 Å². The fourth-order valence-corrected chi connectivity index (χ4v) is 0.794. The van der Waals surface area contributed by atoms with Gasteiger partial charge in [0.15, 0.2) is 0 Å². The SMILES string of the molecule is CCN1C=CN(C)C1.[Br][Pb]([Br])[Br]. The molecule has 0 saturated heterocycles. The van der Waals surface area contributed by atoms with Gasteiger partial charge in [-0.3, -0.25) is 0 Å². The van der Waals surface area contributed by atoms with E-state index < -0.39 is 15.5 Å². The molecule has 1 aliphatic heterocycles. The molecule has 0 amide bonds. The van der Waals surface area contributed by atoms with Gasteiger partial charge in [-0.1, -0.05) is 0 Å². The van der Waals surface area contributed by atoms with E-state index in [-0.39, 0.29) is 0 Å². The summed E-state index contributed by atoms with van der Waals surface area (Å²) in [5.74, 6) is 0. The quantitative estimate of drug-likeness (QED) is 0.457. The predicted molar refractivity (Wildman–Crippen MR) is 66.7 cm³/mol. The molecule has 71 valence electrons. The van der Waals surface area contributed by atoms with Gasteiger partial charge in [0.1, 0.15) is 0 Å². The summed E-state index contributed by atoms with van der Waals surface area (Å²) in [4.78, 5) is 4.41. The van der Waals surface area contributed by atoms with Crippen LogP contribution < -0.4 is 0 Å². The summed E-state index contributed by atoms with van der Waals surface area (Å²) in [6, 6.07) is 0. The van der Waals surface area contributed by atoms with Gasteiger partial charge in [-0.15, -0.1) is 0 Å². The van der Waals surface area contributed by atoms with E-state index in [1.54, 1.807) is 0 Å². The van der Waals surface area contributed by atoms with Gasteiger partial charge in [0.05, 0.1) is 6.67 Å². The Kier molecular flexibility index (Phi) is 9.19. The molecule has 0 atom stereocenters. The zero-order valence-electron chi connectivity index (χ0n) is 7.10. The van der Waals surface area contributed by atoms with Crippen LogP contribution in [0.2, 0.25) is 0 Å². The molecule has 0 bridgehead atoms. The molecule has 12 heavy (non-hydrogen) atoms. The van der Waals surface area contributed by atoms with Gasteiger partial charge in [0.25, 0.3) is 0 Å². The average molecular weight is 559 g/mol. The van der Waals surface area contributed by atoms with E-state index in [2.05, 4.69) is 72.1 Å². The van der Waals surface area contributed by atoms with E-state index in [0.717, 1.165) is 13.2 Å². The number of halogens is 3. The molecule has 0 aromatic heterocycles. The predicted octanol–water partition coefficient (Wildman–Crippen LogP) is 2.84. The zero-order chi connectivity index (χ0) is 9.56. The molecular formula is C6H12Br3N2Pb. The van der Waals surface area contributed by atoms with Gasteiger partial charge >= 0.3 is 51.4 Å². The molecule has 0 spiro atoms. The van der Waals surface area contributed by atoms with Gasteiger partial charge < -0.3 is 9.80 Å². The first-order chi connectivity index (χ1) is 5.56. The van der Waals surface area contributed by atoms with Gasteiger partial charge in [0, 0.05) is 26.0 Å². The summed E-state index contributed by atoms with van der Waals surface area (Å²) in [7, 11) is 2.08. The second kappa shape index (κ2) is 8.05. The first-order valence-corrected chi connectivity index (χ1v) is 28.8. The third-order valence-corrected chi connectivity index (χ3v) is 1.34. The van der Waals surface area contributed by atoms with E-state index in [0.29, 0.717) is 0 Å². The normalized spacial score (nSPS) is 15.2. The molecule has 2 nitrogen and oxygen atoms in total. The van der Waals surface area contributed by atoms with Crippen LogP contribution in [0.4, 0.5) is 0 Å². The van der Waals surface area contributed by atoms with Gasteiger partial charge in [0.2, 0.25) is 0 Å². The molecule has 0 unspecified atom stereocenters. The summed E-state index contributed by atoms with van der Waals surface area (Å²) in [5, 5.41) is 0. The third kappa shape index (κ3) is 8.31. The number of hydrogen-bond acceptors (Lipinski definition) is 2. The van der Waals surface area contributed by atoms with Crippen LogP contribution in [0.1, 0.15) is 6.92 Å². The monoisotopic (exact) mass is 557 g/mol. The van der Waals surface area contributed by atoms with E-state index >= 15 is 0 Å². The Balaban J connectivity index is 0.000000261. The van der Waals surface area contributed by atoms with Crippen molar-refractivity contribution in [1.82, 2.24) is 9.80 Å². The molecule has 1 heterocycles. The Hall–Kier alpha value is 1.70. The van der Waals surface area contributed by atoms with Crippen LogP contribution in [0.3, 0.4) is 0 Å². The summed E-state index contributed by atoms with van der Waals surface area (Å²) >= 11 is 8.73. The number of hydrogen-bond donors (Lipinski definition) is 0. The van der Waals surface area contributed by atoms with Crippen molar-refractivity contribution >= 4 is 51.4 Å². The first-order valence-electron chi connectivity index (χ1n) is 3.52. The van der Waals surface area contributed by atoms with Crippen LogP contribution >= 0.6 is 36.0 Å². The topological polar surface area (TPSA) is 6.48 Å². The van der Waals surface area contributed by atoms with Crippen LogP contribution in [-0.2, 0) is 0 Å². The molecule has 0 aromatic carbocycles. The minimum absolute atomic E-state index is 1.05. The Morgan fingerprint density at radius 2 is 1.83 bits per heavy atom. The Labute approximate surface area is 99.4 Å². The zero-order valence-corrected chi connectivity index (χ0v) is 15.7. The van der Waals surface area contributed by atoms with Gasteiger partial charge in [-0.25, -0.2) is 0 Å². The van der Waals surface area contributed by atoms with E-state index in [1.807, 2.05) is 0 Å². The summed E-state index contributed by atoms with van der Waals surface area (Å²) < 4.78 is 0. The minimum atomic E-state index is -1.22. The van der Waals surface area contributed by atoms with Crippen molar-refractivity contribution in [2.24, 2.45) is 0 Å². The molecule has 1 radical (unpaired) electrons. The molecule has 0 N–H and O–H groups in total. The second-order valence-corrected chi connectivity index (χ2v) is 52.9. The standard InChI is InChI=1S/C6H12N2.3BrH.Pb/c1-3-8-5-4-7(2)6-8;;;;/h4-5H,3,6H2,1-2H3;3*1H;/q;;;;+3/p-3. The van der Waals surface area contributed by atoms with E-state index in [9.17, 15) is 0 Å². The fraction of sp³-hybridized carbons (Fsp3) is 0.667. The van der Waals surface area contributed by atoms with Crippen molar-refractivity contribution in [1.29, 1.82) is 0 Å². The Morgan fingerprint density at radius 3 is 2.00 bits per heavy atom. The molecule has 0 aliphatic carbocycles. The van der Waals surface area contributed by atoms with Crippen molar-refractivity contribution in [2.45, 2.75) is 6.92 Å². The molecular weight excluding hydrogens is 547 g/mol. The van der Waals surface area contributed by atoms with Gasteiger partial charge in [-0.05, 0) is 6.92 Å². The van der Waals surface area contributed by atoms with Crippen molar-refractivity contribution in [2.75, 3.05) is 20.3 Å². The maximum atomic E-state index is 3.32. The van der Waals surface area contributed by atoms with Crippen molar-refractivity contribution in [3.05, 3.63) is 12.4 Å². The maximum absolute atomic E-state index is 3.32. The average Bonchev–Trinajstić information content (AvgIpc) is 2.34. The van der Waals surface area contributed by atoms with Crippen LogP contribution in [0, 0.1) is 0 Å². The molecule has 0 fully saturated rings. The third-order valence-electron chi connectivity index (χ3n) is 1.34. The second-order valence-electron chi connectivity index (χ2n) is 2.32. The number of rotatable bonds is 1. The van der Waals surface area contributed by atoms with Crippen molar-refractivity contribution in [3.8, 4) is 0 Å². The molecule has 1 rings (SSSR count). The Morgan fingerprint density at radius 1 is 1.33 bits per heavy atom. The molecule has 6 heteroatoms. The summed E-state index contributed by atoms with van der Waals surface area (Å²) in [6.45, 7) is 4.32. The summed E-state index contributed by atoms with van der Waals surface area (Å²) in [6.07, 6.45) is 4.20. The Bertz CT molecular complexity index is 140. The van der Waals surface area contributed by atoms with E-state index in [4.69, 9.17) is 0 Å². The number of nitrogens with zero attached hydrogens (tertiary/aromatic N) is 2.